The summed E-state index contributed by atoms with van der Waals surface area (Å²) in [6.45, 7) is 5.48. The van der Waals surface area contributed by atoms with Crippen molar-refractivity contribution in [3.63, 3.8) is 0 Å². The fourth-order valence-electron chi connectivity index (χ4n) is 7.88. The van der Waals surface area contributed by atoms with Gasteiger partial charge in [0.1, 0.15) is 41.9 Å². The molecule has 0 unspecified atom stereocenters. The Bertz CT molecular complexity index is 1970. The third-order valence-electron chi connectivity index (χ3n) is 11.2. The minimum atomic E-state index is -2.09. The van der Waals surface area contributed by atoms with Crippen molar-refractivity contribution in [3.8, 4) is 11.5 Å². The fraction of sp³-hybridized carbons (Fsp3) is 0.675. The first-order valence-electron chi connectivity index (χ1n) is 21.6. The van der Waals surface area contributed by atoms with Crippen molar-refractivity contribution in [1.29, 1.82) is 0 Å². The molecule has 0 aromatic heterocycles. The number of hydrogen-bond acceptors (Lipinski definition) is 21. The van der Waals surface area contributed by atoms with Crippen molar-refractivity contribution in [2.45, 2.75) is 139 Å². The van der Waals surface area contributed by atoms with Gasteiger partial charge in [0.25, 0.3) is 12.3 Å². The largest absolute Gasteiger partial charge is 1.00 e. The number of rotatable bonds is 12. The molecule has 0 bridgehead atoms. The maximum atomic E-state index is 14.5. The predicted octanol–water partition coefficient (Wildman–Crippen LogP) is -9.05. The van der Waals surface area contributed by atoms with E-state index in [0.29, 0.717) is 0 Å². The van der Waals surface area contributed by atoms with Gasteiger partial charge in [0.2, 0.25) is 35.4 Å². The number of amides is 7. The van der Waals surface area contributed by atoms with E-state index in [-0.39, 0.29) is 72.7 Å². The molecule has 0 saturated carbocycles. The molecule has 7 amide bonds. The number of aromatic hydroxyl groups is 1. The number of ether oxygens (including phenoxy) is 1. The number of benzene rings is 1. The Balaban J connectivity index is 0.0000126. The van der Waals surface area contributed by atoms with Gasteiger partial charge in [0, 0.05) is 44.8 Å². The number of alkyl carbamates (subject to hydrolysis) is 1. The maximum Gasteiger partial charge on any atom is 1.00 e. The van der Waals surface area contributed by atoms with Crippen LogP contribution in [0, 0.1) is 5.92 Å². The number of nitrogens with one attached hydrogen (secondary N) is 5. The molecule has 3 heterocycles. The summed E-state index contributed by atoms with van der Waals surface area (Å²) in [7, 11) is 0. The molecule has 27 nitrogen and oxygen atoms in total. The number of nitrogens with two attached hydrogens (primary N) is 1. The van der Waals surface area contributed by atoms with Gasteiger partial charge in [-0.25, -0.2) is 4.79 Å². The number of carbonyl (C=O) groups is 7. The van der Waals surface area contributed by atoms with E-state index < -0.39 is 164 Å². The Morgan fingerprint density at radius 1 is 0.899 bits per heavy atom. The van der Waals surface area contributed by atoms with Crippen LogP contribution in [0.2, 0.25) is 0 Å². The van der Waals surface area contributed by atoms with Crippen LogP contribution in [0.15, 0.2) is 18.2 Å². The number of carbonyl (C=O) groups excluding carboxylic acids is 7. The zero-order valence-corrected chi connectivity index (χ0v) is 41.6. The first-order chi connectivity index (χ1) is 31.9. The molecule has 382 valence electrons. The summed E-state index contributed by atoms with van der Waals surface area (Å²) in [5, 5.41) is 102. The van der Waals surface area contributed by atoms with E-state index in [4.69, 9.17) is 14.7 Å². The molecule has 4 rings (SSSR count). The maximum absolute atomic E-state index is 14.5. The second-order valence-electron chi connectivity index (χ2n) is 17.8. The Labute approximate surface area is 422 Å². The molecule has 69 heavy (non-hydrogen) atoms. The smallest absolute Gasteiger partial charge is 0.691 e. The molecular weight excluding hydrogens is 952 g/mol. The SMILES string of the molecule is C[C@@H](O)[C@@H]1NC(=O)[C@@H](NC(=O)OC(C)(C)C)C[C@@H](O)CNC(=O)[C@@H]2[C@@H](O)[C@@H](C)CN2C(=O)[C@H]([C@H](O)CCN)NC(=O)[C@H]([C@H](O)Cc2ccc(O)c(OSOO[O-])c2)NC(=O)[C@@H]2C[C@@H](O)CN2C1=O.[Na+]. The van der Waals surface area contributed by atoms with Gasteiger partial charge in [-0.3, -0.25) is 33.8 Å². The van der Waals surface area contributed by atoms with Crippen LogP contribution < -0.4 is 71.3 Å². The summed E-state index contributed by atoms with van der Waals surface area (Å²) in [4.78, 5) is 99.8. The number of β-amino-alcohol motifs (C(OH)–C–C–N with tert-alkyl or cyclic N) is 1. The Morgan fingerprint density at radius 2 is 1.54 bits per heavy atom. The second kappa shape index (κ2) is 26.3. The first kappa shape index (κ1) is 59.2. The molecule has 3 saturated heterocycles. The number of nitrogens with zero attached hydrogens (tertiary/aromatic N) is 2. The van der Waals surface area contributed by atoms with Crippen LogP contribution >= 0.6 is 12.3 Å². The molecule has 13 atom stereocenters. The van der Waals surface area contributed by atoms with Gasteiger partial charge >= 0.3 is 35.7 Å². The number of hydrogen-bond donors (Lipinski definition) is 13. The number of phenols is 1. The summed E-state index contributed by atoms with van der Waals surface area (Å²) in [6.07, 6.45) is -13.2. The van der Waals surface area contributed by atoms with Crippen LogP contribution in [0.25, 0.3) is 0 Å². The molecule has 0 radical (unpaired) electrons. The molecule has 0 aliphatic carbocycles. The third-order valence-corrected chi connectivity index (χ3v) is 11.6. The summed E-state index contributed by atoms with van der Waals surface area (Å²) in [5.41, 5.74) is 4.76. The van der Waals surface area contributed by atoms with E-state index >= 15 is 0 Å². The van der Waals surface area contributed by atoms with Gasteiger partial charge in [-0.1, -0.05) is 13.0 Å². The van der Waals surface area contributed by atoms with Crippen LogP contribution in [0.3, 0.4) is 0 Å². The molecule has 3 aliphatic rings. The second-order valence-corrected chi connectivity index (χ2v) is 18.3. The first-order valence-corrected chi connectivity index (χ1v) is 22.2. The van der Waals surface area contributed by atoms with Crippen LogP contribution in [0.4, 0.5) is 4.79 Å². The summed E-state index contributed by atoms with van der Waals surface area (Å²) in [6, 6.07) is -7.48. The van der Waals surface area contributed by atoms with Gasteiger partial charge in [0.15, 0.2) is 11.5 Å². The number of phenolic OH excluding ortho intramolecular Hbond substituents is 1. The zero-order chi connectivity index (χ0) is 50.8. The zero-order valence-electron chi connectivity index (χ0n) is 38.8. The number of fused-ring (bicyclic) bond motifs is 2. The van der Waals surface area contributed by atoms with Gasteiger partial charge in [0.05, 0.1) is 36.6 Å². The average molecular weight is 1010 g/mol. The van der Waals surface area contributed by atoms with E-state index in [1.165, 1.54) is 33.8 Å². The summed E-state index contributed by atoms with van der Waals surface area (Å²) >= 11 is 0.0188. The van der Waals surface area contributed by atoms with E-state index in [0.717, 1.165) is 28.9 Å². The minimum absolute atomic E-state index is 0. The fourth-order valence-corrected chi connectivity index (χ4v) is 8.14. The predicted molar refractivity (Wildman–Crippen MR) is 229 cm³/mol. The van der Waals surface area contributed by atoms with E-state index in [1.807, 2.05) is 0 Å². The van der Waals surface area contributed by atoms with Crippen molar-refractivity contribution in [1.82, 2.24) is 36.4 Å². The Hall–Kier alpha value is -4.14. The quantitative estimate of drug-likeness (QED) is 0.0304. The molecule has 1 aromatic rings. The van der Waals surface area contributed by atoms with Crippen LogP contribution in [-0.4, -0.2) is 192 Å². The van der Waals surface area contributed by atoms with Crippen molar-refractivity contribution < 1.29 is 122 Å². The van der Waals surface area contributed by atoms with Crippen molar-refractivity contribution in [2.24, 2.45) is 11.7 Å². The number of aliphatic hydroxyl groups excluding tert-OH is 6. The molecule has 14 N–H and O–H groups in total. The topological polar surface area (TPSA) is 414 Å². The van der Waals surface area contributed by atoms with E-state index in [9.17, 15) is 74.6 Å². The van der Waals surface area contributed by atoms with Gasteiger partial charge in [-0.2, -0.15) is 0 Å². The molecule has 3 fully saturated rings. The van der Waals surface area contributed by atoms with Crippen molar-refractivity contribution in [3.05, 3.63) is 23.8 Å². The van der Waals surface area contributed by atoms with Gasteiger partial charge in [-0.05, 0) is 58.4 Å². The van der Waals surface area contributed by atoms with Crippen molar-refractivity contribution >= 4 is 53.9 Å². The van der Waals surface area contributed by atoms with Crippen LogP contribution in [0.1, 0.15) is 59.4 Å². The van der Waals surface area contributed by atoms with Crippen LogP contribution in [0.5, 0.6) is 11.5 Å². The van der Waals surface area contributed by atoms with E-state index in [2.05, 4.69) is 36.0 Å². The summed E-state index contributed by atoms with van der Waals surface area (Å²) in [5.74, 6) is -8.49. The standard InChI is InChI=1S/C40H62N8O19S.Na/c1-17-15-48-31(32(17)55)36(59)42-14-20(50)12-22(43-39(62)64-40(3,4)5)33(56)44-28(18(2)49)37(60)47-16-21(51)13-23(47)34(57)45-29(35(58)46-30(38(48)61)25(53)8-9-41)26(54)10-19-6-7-24(52)27(11-19)65-68-67-66-63;/h6-7,11,17-18,20-23,25-26,28-32,49-55,63H,8-10,12-16,41H2,1-5H3,(H,42,59)(H,43,62)(H,44,56)(H,45,57)(H,46,58);/q;+1/p-1/t17-,18+,20+,21+,22-,23-,25+,26+,28-,29-,30-,31-,32-;/m0./s1. The molecule has 1 aromatic carbocycles. The molecule has 29 heteroatoms. The Morgan fingerprint density at radius 3 is 2.16 bits per heavy atom. The van der Waals surface area contributed by atoms with Gasteiger partial charge < -0.3 is 92.0 Å². The third kappa shape index (κ3) is 16.2. The Kier molecular flexibility index (Phi) is 22.6. The van der Waals surface area contributed by atoms with Gasteiger partial charge in [-0.15, -0.1) is 4.33 Å². The average Bonchev–Trinajstić information content (AvgIpc) is 3.80. The minimum Gasteiger partial charge on any atom is -0.691 e. The molecular formula is C40H61N8NaO19S. The van der Waals surface area contributed by atoms with Crippen LogP contribution in [-0.2, 0) is 49.3 Å². The number of aliphatic hydroxyl groups is 6. The van der Waals surface area contributed by atoms with Crippen molar-refractivity contribution in [2.75, 3.05) is 26.2 Å². The monoisotopic (exact) mass is 1010 g/mol. The normalized spacial score (nSPS) is 29.1. The van der Waals surface area contributed by atoms with E-state index in [1.54, 1.807) is 0 Å². The molecule has 0 spiro atoms. The summed E-state index contributed by atoms with van der Waals surface area (Å²) < 4.78 is 14.4. The molecule has 3 aliphatic heterocycles.